The van der Waals surface area contributed by atoms with Crippen LogP contribution in [0, 0.1) is 0 Å². The molecule has 0 amide bonds. The van der Waals surface area contributed by atoms with Crippen molar-refractivity contribution in [1.82, 2.24) is 5.32 Å². The zero-order valence-electron chi connectivity index (χ0n) is 10.1. The van der Waals surface area contributed by atoms with Crippen LogP contribution in [0.2, 0.25) is 0 Å². The standard InChI is InChI=1S/C13H19NO3/c1-14-9-5-8-13(15)17-11-10-16-12-6-3-2-4-7-12/h2-4,6-7,14H,5,8-11H2,1H3. The summed E-state index contributed by atoms with van der Waals surface area (Å²) in [6, 6.07) is 9.47. The van der Waals surface area contributed by atoms with E-state index in [4.69, 9.17) is 9.47 Å². The maximum atomic E-state index is 11.2. The number of nitrogens with one attached hydrogen (secondary N) is 1. The molecule has 1 N–H and O–H groups in total. The summed E-state index contributed by atoms with van der Waals surface area (Å²) in [6.07, 6.45) is 1.25. The van der Waals surface area contributed by atoms with Gasteiger partial charge in [0.25, 0.3) is 0 Å². The Hall–Kier alpha value is -1.55. The number of hydrogen-bond donors (Lipinski definition) is 1. The van der Waals surface area contributed by atoms with E-state index in [2.05, 4.69) is 5.32 Å². The maximum absolute atomic E-state index is 11.2. The molecule has 0 aliphatic heterocycles. The average molecular weight is 237 g/mol. The Kier molecular flexibility index (Phi) is 6.82. The molecule has 1 aromatic rings. The van der Waals surface area contributed by atoms with Crippen LogP contribution in [0.3, 0.4) is 0 Å². The van der Waals surface area contributed by atoms with E-state index in [0.29, 0.717) is 19.6 Å². The van der Waals surface area contributed by atoms with E-state index in [-0.39, 0.29) is 5.97 Å². The molecule has 1 aromatic carbocycles. The van der Waals surface area contributed by atoms with Crippen molar-refractivity contribution in [1.29, 1.82) is 0 Å². The van der Waals surface area contributed by atoms with E-state index in [1.165, 1.54) is 0 Å². The van der Waals surface area contributed by atoms with Gasteiger partial charge in [-0.1, -0.05) is 18.2 Å². The molecule has 0 saturated heterocycles. The maximum Gasteiger partial charge on any atom is 0.305 e. The van der Waals surface area contributed by atoms with Crippen molar-refractivity contribution in [3.05, 3.63) is 30.3 Å². The van der Waals surface area contributed by atoms with Crippen molar-refractivity contribution < 1.29 is 14.3 Å². The normalized spacial score (nSPS) is 9.94. The van der Waals surface area contributed by atoms with Gasteiger partial charge in [-0.2, -0.15) is 0 Å². The Bertz CT molecular complexity index is 314. The molecule has 4 nitrogen and oxygen atoms in total. The molecule has 0 aliphatic rings. The minimum Gasteiger partial charge on any atom is -0.490 e. The van der Waals surface area contributed by atoms with E-state index in [1.807, 2.05) is 37.4 Å². The summed E-state index contributed by atoms with van der Waals surface area (Å²) in [5.41, 5.74) is 0. The van der Waals surface area contributed by atoms with Crippen molar-refractivity contribution in [3.63, 3.8) is 0 Å². The fraction of sp³-hybridized carbons (Fsp3) is 0.462. The average Bonchev–Trinajstić information content (AvgIpc) is 2.36. The first-order valence-electron chi connectivity index (χ1n) is 5.81. The fourth-order valence-electron chi connectivity index (χ4n) is 1.31. The molecule has 0 atom stereocenters. The number of esters is 1. The summed E-state index contributed by atoms with van der Waals surface area (Å²) in [6.45, 7) is 1.52. The van der Waals surface area contributed by atoms with Crippen molar-refractivity contribution in [2.75, 3.05) is 26.8 Å². The first-order valence-corrected chi connectivity index (χ1v) is 5.81. The van der Waals surface area contributed by atoms with Crippen molar-refractivity contribution in [2.24, 2.45) is 0 Å². The van der Waals surface area contributed by atoms with E-state index >= 15 is 0 Å². The van der Waals surface area contributed by atoms with Crippen LogP contribution in [0.4, 0.5) is 0 Å². The van der Waals surface area contributed by atoms with Gasteiger partial charge in [0.2, 0.25) is 0 Å². The van der Waals surface area contributed by atoms with Crippen LogP contribution in [0.1, 0.15) is 12.8 Å². The molecule has 94 valence electrons. The first kappa shape index (κ1) is 13.5. The molecule has 1 rings (SSSR count). The Morgan fingerprint density at radius 1 is 1.24 bits per heavy atom. The van der Waals surface area contributed by atoms with Gasteiger partial charge in [0, 0.05) is 6.42 Å². The third-order valence-corrected chi connectivity index (χ3v) is 2.17. The molecule has 0 aromatic heterocycles. The summed E-state index contributed by atoms with van der Waals surface area (Å²) in [7, 11) is 1.86. The van der Waals surface area contributed by atoms with E-state index in [1.54, 1.807) is 0 Å². The number of carbonyl (C=O) groups excluding carboxylic acids is 1. The smallest absolute Gasteiger partial charge is 0.305 e. The number of carbonyl (C=O) groups is 1. The Morgan fingerprint density at radius 3 is 2.71 bits per heavy atom. The Balaban J connectivity index is 2.02. The molecule has 4 heteroatoms. The second kappa shape index (κ2) is 8.58. The summed E-state index contributed by atoms with van der Waals surface area (Å²) < 4.78 is 10.4. The fourth-order valence-corrected chi connectivity index (χ4v) is 1.31. The molecular formula is C13H19NO3. The van der Waals surface area contributed by atoms with E-state index in [9.17, 15) is 4.79 Å². The predicted octanol–water partition coefficient (Wildman–Crippen LogP) is 1.61. The third kappa shape index (κ3) is 6.58. The molecular weight excluding hydrogens is 218 g/mol. The number of hydrogen-bond acceptors (Lipinski definition) is 4. The van der Waals surface area contributed by atoms with Gasteiger partial charge in [0.1, 0.15) is 19.0 Å². The molecule has 17 heavy (non-hydrogen) atoms. The molecule has 0 fully saturated rings. The van der Waals surface area contributed by atoms with Crippen LogP contribution in [0.15, 0.2) is 30.3 Å². The molecule has 0 aliphatic carbocycles. The highest BCUT2D eigenvalue weighted by Crippen LogP contribution is 2.07. The van der Waals surface area contributed by atoms with Crippen LogP contribution >= 0.6 is 0 Å². The zero-order chi connectivity index (χ0) is 12.3. The van der Waals surface area contributed by atoms with Gasteiger partial charge < -0.3 is 14.8 Å². The van der Waals surface area contributed by atoms with Crippen LogP contribution < -0.4 is 10.1 Å². The first-order chi connectivity index (χ1) is 8.33. The number of para-hydroxylation sites is 1. The van der Waals surface area contributed by atoms with Gasteiger partial charge >= 0.3 is 5.97 Å². The lowest BCUT2D eigenvalue weighted by Gasteiger charge is -2.07. The summed E-state index contributed by atoms with van der Waals surface area (Å²) in [5, 5.41) is 2.98. The van der Waals surface area contributed by atoms with Gasteiger partial charge in [-0.15, -0.1) is 0 Å². The number of rotatable bonds is 8. The molecule has 0 unspecified atom stereocenters. The van der Waals surface area contributed by atoms with Crippen LogP contribution in [0.5, 0.6) is 5.75 Å². The van der Waals surface area contributed by atoms with Crippen molar-refractivity contribution in [2.45, 2.75) is 12.8 Å². The largest absolute Gasteiger partial charge is 0.490 e. The lowest BCUT2D eigenvalue weighted by molar-refractivity contribution is -0.144. The van der Waals surface area contributed by atoms with Crippen molar-refractivity contribution in [3.8, 4) is 5.75 Å². The minimum absolute atomic E-state index is 0.170. The van der Waals surface area contributed by atoms with E-state index in [0.717, 1.165) is 18.7 Å². The van der Waals surface area contributed by atoms with Crippen molar-refractivity contribution >= 4 is 5.97 Å². The van der Waals surface area contributed by atoms with Gasteiger partial charge in [-0.3, -0.25) is 4.79 Å². The number of benzene rings is 1. The molecule has 0 heterocycles. The molecule has 0 bridgehead atoms. The highest BCUT2D eigenvalue weighted by Gasteiger charge is 2.01. The van der Waals surface area contributed by atoms with Crippen LogP contribution in [-0.4, -0.2) is 32.8 Å². The lowest BCUT2D eigenvalue weighted by atomic mass is 10.3. The summed E-state index contributed by atoms with van der Waals surface area (Å²) in [4.78, 5) is 11.2. The summed E-state index contributed by atoms with van der Waals surface area (Å²) in [5.74, 6) is 0.621. The quantitative estimate of drug-likeness (QED) is 0.551. The molecule has 0 radical (unpaired) electrons. The van der Waals surface area contributed by atoms with Crippen LogP contribution in [0.25, 0.3) is 0 Å². The third-order valence-electron chi connectivity index (χ3n) is 2.17. The SMILES string of the molecule is CNCCCC(=O)OCCOc1ccccc1. The Morgan fingerprint density at radius 2 is 2.00 bits per heavy atom. The topological polar surface area (TPSA) is 47.6 Å². The van der Waals surface area contributed by atoms with E-state index < -0.39 is 0 Å². The van der Waals surface area contributed by atoms with Gasteiger partial charge in [-0.25, -0.2) is 0 Å². The van der Waals surface area contributed by atoms with Gasteiger partial charge in [-0.05, 0) is 32.1 Å². The summed E-state index contributed by atoms with van der Waals surface area (Å²) >= 11 is 0. The minimum atomic E-state index is -0.170. The number of ether oxygens (including phenoxy) is 2. The highest BCUT2D eigenvalue weighted by atomic mass is 16.6. The monoisotopic (exact) mass is 237 g/mol. The molecule has 0 saturated carbocycles. The second-order valence-corrected chi connectivity index (χ2v) is 3.59. The lowest BCUT2D eigenvalue weighted by Crippen LogP contribution is -2.14. The highest BCUT2D eigenvalue weighted by molar-refractivity contribution is 5.69. The predicted molar refractivity (Wildman–Crippen MR) is 66.1 cm³/mol. The van der Waals surface area contributed by atoms with Gasteiger partial charge in [0.05, 0.1) is 0 Å². The Labute approximate surface area is 102 Å². The molecule has 0 spiro atoms. The van der Waals surface area contributed by atoms with Crippen LogP contribution in [-0.2, 0) is 9.53 Å². The zero-order valence-corrected chi connectivity index (χ0v) is 10.1. The second-order valence-electron chi connectivity index (χ2n) is 3.59. The van der Waals surface area contributed by atoms with Gasteiger partial charge in [0.15, 0.2) is 0 Å².